The van der Waals surface area contributed by atoms with Gasteiger partial charge in [-0.25, -0.2) is 0 Å². The van der Waals surface area contributed by atoms with Crippen molar-refractivity contribution in [3.63, 3.8) is 0 Å². The highest BCUT2D eigenvalue weighted by atomic mass is 16.3. The third-order valence-corrected chi connectivity index (χ3v) is 4.31. The van der Waals surface area contributed by atoms with Crippen LogP contribution in [0.4, 0.5) is 0 Å². The number of rotatable bonds is 5. The third kappa shape index (κ3) is 3.19. The highest BCUT2D eigenvalue weighted by Gasteiger charge is 2.40. The Labute approximate surface area is 121 Å². The lowest BCUT2D eigenvalue weighted by Gasteiger charge is -2.46. The molecule has 0 aliphatic carbocycles. The van der Waals surface area contributed by atoms with E-state index in [1.165, 1.54) is 0 Å². The van der Waals surface area contributed by atoms with Crippen molar-refractivity contribution >= 4 is 5.91 Å². The Morgan fingerprint density at radius 2 is 2.00 bits per heavy atom. The number of β-amino-alcohol motifs (C(OH)–C–C–N with tert-alkyl or cyclic N) is 1. The molecule has 1 fully saturated rings. The molecule has 0 spiro atoms. The number of likely N-dealkylation sites (N-methyl/N-ethyl adjacent to an activating group) is 1. The molecule has 1 heterocycles. The van der Waals surface area contributed by atoms with Crippen LogP contribution in [0.3, 0.4) is 0 Å². The van der Waals surface area contributed by atoms with Crippen LogP contribution >= 0.6 is 0 Å². The second-order valence-corrected chi connectivity index (χ2v) is 5.81. The summed E-state index contributed by atoms with van der Waals surface area (Å²) in [7, 11) is 1.84. The first-order chi connectivity index (χ1) is 9.45. The molecular formula is C16H24N2O2. The van der Waals surface area contributed by atoms with E-state index in [-0.39, 0.29) is 11.9 Å². The smallest absolute Gasteiger partial charge is 0.236 e. The van der Waals surface area contributed by atoms with E-state index >= 15 is 0 Å². The van der Waals surface area contributed by atoms with Crippen molar-refractivity contribution in [2.75, 3.05) is 26.7 Å². The fourth-order valence-corrected chi connectivity index (χ4v) is 2.60. The van der Waals surface area contributed by atoms with Crippen LogP contribution < -0.4 is 0 Å². The van der Waals surface area contributed by atoms with Crippen molar-refractivity contribution in [3.8, 4) is 0 Å². The summed E-state index contributed by atoms with van der Waals surface area (Å²) in [5, 5.41) is 9.96. The van der Waals surface area contributed by atoms with Crippen molar-refractivity contribution in [1.82, 2.24) is 9.80 Å². The van der Waals surface area contributed by atoms with Gasteiger partial charge in [0.15, 0.2) is 0 Å². The first-order valence-electron chi connectivity index (χ1n) is 7.20. The standard InChI is InChI=1S/C16H24N2O2/c1-4-16(20)11-18(12-16)10-15(19)17(3)13(2)14-8-6-5-7-9-14/h5-9,13,20H,4,10-12H2,1-3H3. The zero-order valence-electron chi connectivity index (χ0n) is 12.5. The van der Waals surface area contributed by atoms with Crippen LogP contribution in [0.2, 0.25) is 0 Å². The van der Waals surface area contributed by atoms with E-state index in [9.17, 15) is 9.90 Å². The average molecular weight is 276 g/mol. The molecule has 20 heavy (non-hydrogen) atoms. The molecule has 1 amide bonds. The summed E-state index contributed by atoms with van der Waals surface area (Å²) < 4.78 is 0. The maximum Gasteiger partial charge on any atom is 0.236 e. The van der Waals surface area contributed by atoms with Gasteiger partial charge in [-0.3, -0.25) is 9.69 Å². The van der Waals surface area contributed by atoms with Crippen molar-refractivity contribution < 1.29 is 9.90 Å². The van der Waals surface area contributed by atoms with Crippen LogP contribution in [0.5, 0.6) is 0 Å². The van der Waals surface area contributed by atoms with Crippen LogP contribution in [0.25, 0.3) is 0 Å². The monoisotopic (exact) mass is 276 g/mol. The number of likely N-dealkylation sites (tertiary alicyclic amines) is 1. The molecule has 1 aromatic carbocycles. The number of nitrogens with zero attached hydrogens (tertiary/aromatic N) is 2. The van der Waals surface area contributed by atoms with Crippen molar-refractivity contribution in [2.24, 2.45) is 0 Å². The lowest BCUT2D eigenvalue weighted by molar-refractivity contribution is -0.142. The van der Waals surface area contributed by atoms with E-state index in [4.69, 9.17) is 0 Å². The molecule has 4 nitrogen and oxygen atoms in total. The topological polar surface area (TPSA) is 43.8 Å². The van der Waals surface area contributed by atoms with E-state index in [2.05, 4.69) is 0 Å². The minimum Gasteiger partial charge on any atom is -0.387 e. The Balaban J connectivity index is 1.87. The van der Waals surface area contributed by atoms with Crippen LogP contribution in [0, 0.1) is 0 Å². The molecule has 4 heteroatoms. The van der Waals surface area contributed by atoms with E-state index in [0.717, 1.165) is 12.0 Å². The molecular weight excluding hydrogens is 252 g/mol. The molecule has 1 atom stereocenters. The highest BCUT2D eigenvalue weighted by Crippen LogP contribution is 2.24. The summed E-state index contributed by atoms with van der Waals surface area (Å²) >= 11 is 0. The third-order valence-electron chi connectivity index (χ3n) is 4.31. The summed E-state index contributed by atoms with van der Waals surface area (Å²) in [5.41, 5.74) is 0.557. The number of hydrogen-bond acceptors (Lipinski definition) is 3. The fraction of sp³-hybridized carbons (Fsp3) is 0.562. The molecule has 0 bridgehead atoms. The van der Waals surface area contributed by atoms with Crippen LogP contribution in [0.1, 0.15) is 31.9 Å². The van der Waals surface area contributed by atoms with E-state index in [1.54, 1.807) is 4.90 Å². The number of amides is 1. The minimum atomic E-state index is -0.579. The zero-order chi connectivity index (χ0) is 14.8. The molecule has 2 rings (SSSR count). The van der Waals surface area contributed by atoms with Gasteiger partial charge >= 0.3 is 0 Å². The molecule has 0 aromatic heterocycles. The Morgan fingerprint density at radius 1 is 1.40 bits per heavy atom. The summed E-state index contributed by atoms with van der Waals surface area (Å²) in [5.74, 6) is 0.0968. The van der Waals surface area contributed by atoms with Gasteiger partial charge in [-0.15, -0.1) is 0 Å². The molecule has 0 saturated carbocycles. The van der Waals surface area contributed by atoms with Crippen LogP contribution in [-0.2, 0) is 4.79 Å². The molecule has 110 valence electrons. The van der Waals surface area contributed by atoms with Gasteiger partial charge in [0.2, 0.25) is 5.91 Å². The molecule has 1 aliphatic heterocycles. The molecule has 1 unspecified atom stereocenters. The normalized spacial score (nSPS) is 19.2. The maximum atomic E-state index is 12.3. The van der Waals surface area contributed by atoms with Gasteiger partial charge in [0.05, 0.1) is 18.2 Å². The maximum absolute atomic E-state index is 12.3. The lowest BCUT2D eigenvalue weighted by Crippen LogP contribution is -2.63. The number of hydrogen-bond donors (Lipinski definition) is 1. The van der Waals surface area contributed by atoms with Gasteiger partial charge in [-0.2, -0.15) is 0 Å². The van der Waals surface area contributed by atoms with E-state index in [1.807, 2.05) is 56.1 Å². The average Bonchev–Trinajstić information content (AvgIpc) is 2.44. The van der Waals surface area contributed by atoms with Gasteiger partial charge in [0.25, 0.3) is 0 Å². The Kier molecular flexibility index (Phi) is 4.45. The summed E-state index contributed by atoms with van der Waals surface area (Å²) in [6.45, 7) is 5.59. The fourth-order valence-electron chi connectivity index (χ4n) is 2.60. The van der Waals surface area contributed by atoms with Gasteiger partial charge in [0.1, 0.15) is 0 Å². The minimum absolute atomic E-state index is 0.0648. The highest BCUT2D eigenvalue weighted by molar-refractivity contribution is 5.78. The zero-order valence-corrected chi connectivity index (χ0v) is 12.5. The lowest BCUT2D eigenvalue weighted by atomic mass is 9.91. The van der Waals surface area contributed by atoms with E-state index in [0.29, 0.717) is 19.6 Å². The number of carbonyl (C=O) groups is 1. The van der Waals surface area contributed by atoms with Gasteiger partial charge in [-0.1, -0.05) is 37.3 Å². The van der Waals surface area contributed by atoms with Crippen LogP contribution in [0.15, 0.2) is 30.3 Å². The molecule has 1 saturated heterocycles. The number of carbonyl (C=O) groups excluding carboxylic acids is 1. The number of aliphatic hydroxyl groups is 1. The van der Waals surface area contributed by atoms with Gasteiger partial charge < -0.3 is 10.0 Å². The second kappa shape index (κ2) is 5.94. The van der Waals surface area contributed by atoms with Crippen molar-refractivity contribution in [1.29, 1.82) is 0 Å². The Bertz CT molecular complexity index is 455. The predicted octanol–water partition coefficient (Wildman–Crippen LogP) is 1.66. The summed E-state index contributed by atoms with van der Waals surface area (Å²) in [6.07, 6.45) is 0.744. The quantitative estimate of drug-likeness (QED) is 0.889. The Morgan fingerprint density at radius 3 is 2.55 bits per heavy atom. The summed E-state index contributed by atoms with van der Waals surface area (Å²) in [6, 6.07) is 10.1. The molecule has 1 aromatic rings. The molecule has 1 N–H and O–H groups in total. The SMILES string of the molecule is CCC1(O)CN(CC(=O)N(C)C(C)c2ccccc2)C1. The first kappa shape index (κ1) is 15.0. The second-order valence-electron chi connectivity index (χ2n) is 5.81. The largest absolute Gasteiger partial charge is 0.387 e. The van der Waals surface area contributed by atoms with Gasteiger partial charge in [0, 0.05) is 20.1 Å². The summed E-state index contributed by atoms with van der Waals surface area (Å²) in [4.78, 5) is 16.0. The first-order valence-corrected chi connectivity index (χ1v) is 7.20. The van der Waals surface area contributed by atoms with Crippen LogP contribution in [-0.4, -0.2) is 53.1 Å². The van der Waals surface area contributed by atoms with E-state index < -0.39 is 5.60 Å². The number of benzene rings is 1. The molecule has 1 aliphatic rings. The Hall–Kier alpha value is -1.39. The van der Waals surface area contributed by atoms with Gasteiger partial charge in [-0.05, 0) is 18.9 Å². The predicted molar refractivity (Wildman–Crippen MR) is 79.3 cm³/mol. The van der Waals surface area contributed by atoms with Crippen molar-refractivity contribution in [3.05, 3.63) is 35.9 Å². The van der Waals surface area contributed by atoms with Crippen molar-refractivity contribution in [2.45, 2.75) is 31.9 Å². The molecule has 0 radical (unpaired) electrons.